The first-order valence-electron chi connectivity index (χ1n) is 6.02. The van der Waals surface area contributed by atoms with Crippen LogP contribution in [0.3, 0.4) is 0 Å². The minimum atomic E-state index is -0.548. The maximum atomic E-state index is 13.7. The second kappa shape index (κ2) is 6.93. The van der Waals surface area contributed by atoms with E-state index >= 15 is 0 Å². The molecule has 0 spiro atoms. The molecule has 0 aliphatic carbocycles. The lowest BCUT2D eigenvalue weighted by Crippen LogP contribution is -2.20. The first-order valence-corrected chi connectivity index (χ1v) is 7.38. The average Bonchev–Trinajstić information content (AvgIpc) is 2.80. The number of nitrogens with two attached hydrogens (primary N) is 1. The highest BCUT2D eigenvalue weighted by Crippen LogP contribution is 2.28. The van der Waals surface area contributed by atoms with E-state index in [0.717, 1.165) is 0 Å². The van der Waals surface area contributed by atoms with Crippen LogP contribution in [0.1, 0.15) is 11.3 Å². The predicted molar refractivity (Wildman–Crippen MR) is 78.3 cm³/mol. The van der Waals surface area contributed by atoms with Gasteiger partial charge in [0.1, 0.15) is 12.4 Å². The van der Waals surface area contributed by atoms with Gasteiger partial charge < -0.3 is 15.4 Å². The molecular formula is C13H13ClFN3O2S. The maximum Gasteiger partial charge on any atom is 0.237 e. The number of hydrogen-bond donors (Lipinski definition) is 2. The Kier molecular flexibility index (Phi) is 5.22. The minimum Gasteiger partial charge on any atom is -0.390 e. The van der Waals surface area contributed by atoms with Crippen molar-refractivity contribution in [1.29, 1.82) is 0 Å². The Hall–Kier alpha value is -1.57. The van der Waals surface area contributed by atoms with Gasteiger partial charge >= 0.3 is 0 Å². The van der Waals surface area contributed by atoms with Crippen LogP contribution in [0.2, 0.25) is 5.02 Å². The van der Waals surface area contributed by atoms with E-state index in [-0.39, 0.29) is 18.9 Å². The molecule has 1 heterocycles. The topological polar surface area (TPSA) is 81.1 Å². The van der Waals surface area contributed by atoms with Crippen molar-refractivity contribution in [1.82, 2.24) is 9.55 Å². The Morgan fingerprint density at radius 2 is 2.29 bits per heavy atom. The molecule has 1 aromatic heterocycles. The monoisotopic (exact) mass is 329 g/mol. The summed E-state index contributed by atoms with van der Waals surface area (Å²) in [5.41, 5.74) is 6.00. The Balaban J connectivity index is 2.20. The van der Waals surface area contributed by atoms with E-state index in [9.17, 15) is 14.3 Å². The van der Waals surface area contributed by atoms with Crippen LogP contribution in [0.5, 0.6) is 0 Å². The molecule has 1 amide bonds. The molecule has 0 aliphatic rings. The van der Waals surface area contributed by atoms with Crippen LogP contribution in [0.4, 0.5) is 4.39 Å². The average molecular weight is 330 g/mol. The van der Waals surface area contributed by atoms with E-state index in [2.05, 4.69) is 4.98 Å². The standard InChI is InChI=1S/C13H13ClFN3O2S/c14-10-2-1-3-11(15)9(10)7-21-13-17-4-8(6-19)18(13)5-12(16)20/h1-4,19H,5-7H2,(H2,16,20). The molecule has 0 saturated carbocycles. The summed E-state index contributed by atoms with van der Waals surface area (Å²) in [5.74, 6) is -0.689. The van der Waals surface area contributed by atoms with Gasteiger partial charge in [0.2, 0.25) is 5.91 Å². The van der Waals surface area contributed by atoms with Gasteiger partial charge in [0.25, 0.3) is 0 Å². The number of thioether (sulfide) groups is 1. The normalized spacial score (nSPS) is 10.8. The summed E-state index contributed by atoms with van der Waals surface area (Å²) in [6.07, 6.45) is 1.45. The van der Waals surface area contributed by atoms with Crippen molar-refractivity contribution >= 4 is 29.3 Å². The number of carbonyl (C=O) groups is 1. The van der Waals surface area contributed by atoms with Crippen molar-refractivity contribution in [2.75, 3.05) is 0 Å². The highest BCUT2D eigenvalue weighted by molar-refractivity contribution is 7.98. The van der Waals surface area contributed by atoms with Crippen molar-refractivity contribution in [3.63, 3.8) is 0 Å². The van der Waals surface area contributed by atoms with Gasteiger partial charge in [-0.1, -0.05) is 29.4 Å². The summed E-state index contributed by atoms with van der Waals surface area (Å²) < 4.78 is 15.2. The molecule has 0 aliphatic heterocycles. The van der Waals surface area contributed by atoms with E-state index in [1.54, 1.807) is 6.07 Å². The summed E-state index contributed by atoms with van der Waals surface area (Å²) in [6.45, 7) is -0.357. The molecule has 0 atom stereocenters. The molecule has 5 nitrogen and oxygen atoms in total. The molecule has 0 fully saturated rings. The third-order valence-electron chi connectivity index (χ3n) is 2.78. The highest BCUT2D eigenvalue weighted by Gasteiger charge is 2.14. The van der Waals surface area contributed by atoms with Crippen LogP contribution >= 0.6 is 23.4 Å². The highest BCUT2D eigenvalue weighted by atomic mass is 35.5. The summed E-state index contributed by atoms with van der Waals surface area (Å²) in [7, 11) is 0. The third kappa shape index (κ3) is 3.75. The lowest BCUT2D eigenvalue weighted by atomic mass is 10.2. The Bertz CT molecular complexity index is 643. The quantitative estimate of drug-likeness (QED) is 0.794. The molecule has 1 aromatic carbocycles. The van der Waals surface area contributed by atoms with E-state index < -0.39 is 11.7 Å². The van der Waals surface area contributed by atoms with Crippen molar-refractivity contribution in [3.05, 3.63) is 46.5 Å². The van der Waals surface area contributed by atoms with Crippen molar-refractivity contribution in [3.8, 4) is 0 Å². The van der Waals surface area contributed by atoms with Crippen LogP contribution in [-0.2, 0) is 23.7 Å². The second-order valence-electron chi connectivity index (χ2n) is 4.23. The number of amides is 1. The zero-order valence-corrected chi connectivity index (χ0v) is 12.5. The van der Waals surface area contributed by atoms with Gasteiger partial charge in [-0.25, -0.2) is 9.37 Å². The number of halogens is 2. The SMILES string of the molecule is NC(=O)Cn1c(CO)cnc1SCc1c(F)cccc1Cl. The molecule has 112 valence electrons. The zero-order valence-electron chi connectivity index (χ0n) is 10.9. The zero-order chi connectivity index (χ0) is 15.4. The van der Waals surface area contributed by atoms with Gasteiger partial charge in [-0.3, -0.25) is 4.79 Å². The molecule has 0 radical (unpaired) electrons. The summed E-state index contributed by atoms with van der Waals surface area (Å²) in [6, 6.07) is 4.47. The number of carbonyl (C=O) groups excluding carboxylic acids is 1. The number of hydrogen-bond acceptors (Lipinski definition) is 4. The number of nitrogens with zero attached hydrogens (tertiary/aromatic N) is 2. The largest absolute Gasteiger partial charge is 0.390 e. The number of aromatic nitrogens is 2. The van der Waals surface area contributed by atoms with Crippen LogP contribution in [0.15, 0.2) is 29.6 Å². The number of rotatable bonds is 6. The minimum absolute atomic E-state index is 0.0940. The van der Waals surface area contributed by atoms with E-state index in [1.807, 2.05) is 0 Å². The first kappa shape index (κ1) is 15.8. The fourth-order valence-electron chi connectivity index (χ4n) is 1.77. The number of aliphatic hydroxyl groups excluding tert-OH is 1. The fourth-order valence-corrected chi connectivity index (χ4v) is 3.11. The molecule has 8 heteroatoms. The molecule has 0 unspecified atom stereocenters. The lowest BCUT2D eigenvalue weighted by Gasteiger charge is -2.09. The Morgan fingerprint density at radius 1 is 1.52 bits per heavy atom. The van der Waals surface area contributed by atoms with Crippen LogP contribution < -0.4 is 5.73 Å². The predicted octanol–water partition coefficient (Wildman–Crippen LogP) is 1.95. The first-order chi connectivity index (χ1) is 10.0. The molecular weight excluding hydrogens is 317 g/mol. The Morgan fingerprint density at radius 3 is 2.90 bits per heavy atom. The second-order valence-corrected chi connectivity index (χ2v) is 5.58. The number of aliphatic hydroxyl groups is 1. The molecule has 0 bridgehead atoms. The maximum absolute atomic E-state index is 13.7. The fraction of sp³-hybridized carbons (Fsp3) is 0.231. The number of primary amides is 1. The summed E-state index contributed by atoms with van der Waals surface area (Å²) in [4.78, 5) is 15.2. The van der Waals surface area contributed by atoms with Crippen molar-refractivity contribution < 1.29 is 14.3 Å². The smallest absolute Gasteiger partial charge is 0.237 e. The van der Waals surface area contributed by atoms with Crippen molar-refractivity contribution in [2.24, 2.45) is 5.73 Å². The van der Waals surface area contributed by atoms with Crippen LogP contribution in [0, 0.1) is 5.82 Å². The molecule has 2 aromatic rings. The Labute approximate surface area is 129 Å². The summed E-state index contributed by atoms with van der Waals surface area (Å²) >= 11 is 7.17. The molecule has 2 rings (SSSR count). The van der Waals surface area contributed by atoms with Crippen LogP contribution in [0.25, 0.3) is 0 Å². The summed E-state index contributed by atoms with van der Waals surface area (Å²) in [5, 5.41) is 10.0. The number of imidazole rings is 1. The van der Waals surface area contributed by atoms with Crippen molar-refractivity contribution in [2.45, 2.75) is 24.1 Å². The van der Waals surface area contributed by atoms with Gasteiger partial charge in [0.15, 0.2) is 5.16 Å². The van der Waals surface area contributed by atoms with Gasteiger partial charge in [-0.15, -0.1) is 0 Å². The van der Waals surface area contributed by atoms with Crippen LogP contribution in [-0.4, -0.2) is 20.6 Å². The third-order valence-corrected chi connectivity index (χ3v) is 4.16. The van der Waals surface area contributed by atoms with Gasteiger partial charge in [0.05, 0.1) is 18.5 Å². The molecule has 21 heavy (non-hydrogen) atoms. The van der Waals surface area contributed by atoms with Gasteiger partial charge in [-0.2, -0.15) is 0 Å². The van der Waals surface area contributed by atoms with Gasteiger partial charge in [-0.05, 0) is 12.1 Å². The van der Waals surface area contributed by atoms with E-state index in [0.29, 0.717) is 21.4 Å². The van der Waals surface area contributed by atoms with E-state index in [4.69, 9.17) is 17.3 Å². The number of benzene rings is 1. The van der Waals surface area contributed by atoms with E-state index in [1.165, 1.54) is 34.7 Å². The lowest BCUT2D eigenvalue weighted by molar-refractivity contribution is -0.118. The molecule has 0 saturated heterocycles. The van der Waals surface area contributed by atoms with Gasteiger partial charge in [0, 0.05) is 16.3 Å². The molecule has 3 N–H and O–H groups in total.